The first-order valence-corrected chi connectivity index (χ1v) is 3.66. The van der Waals surface area contributed by atoms with Crippen LogP contribution in [0.5, 0.6) is 0 Å². The molecule has 0 aliphatic carbocycles. The van der Waals surface area contributed by atoms with Crippen molar-refractivity contribution in [1.82, 2.24) is 0 Å². The van der Waals surface area contributed by atoms with Gasteiger partial charge in [0.05, 0.1) is 11.6 Å². The average Bonchev–Trinajstić information content (AvgIpc) is 2.10. The molecule has 0 fully saturated rings. The van der Waals surface area contributed by atoms with Crippen molar-refractivity contribution in [2.24, 2.45) is 0 Å². The summed E-state index contributed by atoms with van der Waals surface area (Å²) in [5.41, 5.74) is 3.08. The summed E-state index contributed by atoms with van der Waals surface area (Å²) >= 11 is 0. The molecule has 1 aromatic rings. The van der Waals surface area contributed by atoms with E-state index in [1.165, 1.54) is 0 Å². The predicted octanol–water partition coefficient (Wildman–Crippen LogP) is 1.99. The van der Waals surface area contributed by atoms with Gasteiger partial charge in [0.2, 0.25) is 0 Å². The molecule has 12 heavy (non-hydrogen) atoms. The lowest BCUT2D eigenvalue weighted by molar-refractivity contribution is 0.112. The van der Waals surface area contributed by atoms with Gasteiger partial charge in [-0.25, -0.2) is 0 Å². The fraction of sp³-hybridized carbons (Fsp3) is 0.200. The van der Waals surface area contributed by atoms with Crippen molar-refractivity contribution in [2.45, 2.75) is 13.8 Å². The molecule has 0 spiro atoms. The van der Waals surface area contributed by atoms with Gasteiger partial charge in [-0.3, -0.25) is 4.79 Å². The van der Waals surface area contributed by atoms with E-state index in [9.17, 15) is 4.79 Å². The third-order valence-electron chi connectivity index (χ3n) is 2.08. The molecule has 0 bridgehead atoms. The Morgan fingerprint density at radius 1 is 1.33 bits per heavy atom. The van der Waals surface area contributed by atoms with Crippen molar-refractivity contribution in [3.63, 3.8) is 0 Å². The van der Waals surface area contributed by atoms with Gasteiger partial charge in [-0.05, 0) is 31.0 Å². The van der Waals surface area contributed by atoms with Crippen molar-refractivity contribution >= 4 is 6.29 Å². The van der Waals surface area contributed by atoms with Crippen LogP contribution in [0, 0.1) is 25.2 Å². The van der Waals surface area contributed by atoms with E-state index in [4.69, 9.17) is 5.26 Å². The van der Waals surface area contributed by atoms with E-state index < -0.39 is 0 Å². The maximum Gasteiger partial charge on any atom is 0.150 e. The second-order valence-corrected chi connectivity index (χ2v) is 2.68. The average molecular weight is 159 g/mol. The molecule has 2 heteroatoms. The van der Waals surface area contributed by atoms with Gasteiger partial charge in [0.1, 0.15) is 6.29 Å². The van der Waals surface area contributed by atoms with E-state index in [0.717, 1.165) is 17.4 Å². The molecule has 0 aliphatic rings. The molecular formula is C10H9NO. The number of nitriles is 1. The summed E-state index contributed by atoms with van der Waals surface area (Å²) in [5, 5.41) is 8.67. The topological polar surface area (TPSA) is 40.9 Å². The summed E-state index contributed by atoms with van der Waals surface area (Å²) in [5.74, 6) is 0. The van der Waals surface area contributed by atoms with Crippen molar-refractivity contribution in [2.75, 3.05) is 0 Å². The first-order valence-electron chi connectivity index (χ1n) is 3.66. The monoisotopic (exact) mass is 159 g/mol. The SMILES string of the molecule is Cc1c(C#N)ccc(C=O)c1C. The normalized spacial score (nSPS) is 9.08. The van der Waals surface area contributed by atoms with Crippen LogP contribution in [0.3, 0.4) is 0 Å². The van der Waals surface area contributed by atoms with Gasteiger partial charge in [-0.15, -0.1) is 0 Å². The Kier molecular flexibility index (Phi) is 2.25. The molecule has 0 saturated heterocycles. The van der Waals surface area contributed by atoms with Gasteiger partial charge in [-0.2, -0.15) is 5.26 Å². The van der Waals surface area contributed by atoms with E-state index >= 15 is 0 Å². The van der Waals surface area contributed by atoms with Crippen molar-refractivity contribution < 1.29 is 4.79 Å². The fourth-order valence-electron chi connectivity index (χ4n) is 1.09. The zero-order chi connectivity index (χ0) is 9.14. The predicted molar refractivity (Wildman–Crippen MR) is 46.0 cm³/mol. The summed E-state index contributed by atoms with van der Waals surface area (Å²) in [4.78, 5) is 10.5. The minimum Gasteiger partial charge on any atom is -0.298 e. The van der Waals surface area contributed by atoms with Crippen LogP contribution in [0.1, 0.15) is 27.0 Å². The van der Waals surface area contributed by atoms with Crippen molar-refractivity contribution in [1.29, 1.82) is 5.26 Å². The van der Waals surface area contributed by atoms with Gasteiger partial charge >= 0.3 is 0 Å². The van der Waals surface area contributed by atoms with E-state index in [2.05, 4.69) is 6.07 Å². The standard InChI is InChI=1S/C10H9NO/c1-7-8(2)10(6-12)4-3-9(7)5-11/h3-4,6H,1-2H3. The number of rotatable bonds is 1. The molecule has 1 rings (SSSR count). The summed E-state index contributed by atoms with van der Waals surface area (Å²) in [6.07, 6.45) is 0.809. The number of aldehydes is 1. The summed E-state index contributed by atoms with van der Waals surface area (Å²) < 4.78 is 0. The van der Waals surface area contributed by atoms with Crippen LogP contribution in [0.15, 0.2) is 12.1 Å². The van der Waals surface area contributed by atoms with Crippen LogP contribution < -0.4 is 0 Å². The molecular weight excluding hydrogens is 150 g/mol. The fourth-order valence-corrected chi connectivity index (χ4v) is 1.09. The zero-order valence-electron chi connectivity index (χ0n) is 7.09. The van der Waals surface area contributed by atoms with Crippen LogP contribution in [0.2, 0.25) is 0 Å². The minimum atomic E-state index is 0.637. The molecule has 0 radical (unpaired) electrons. The highest BCUT2D eigenvalue weighted by atomic mass is 16.1. The van der Waals surface area contributed by atoms with Gasteiger partial charge in [0, 0.05) is 5.56 Å². The Balaban J connectivity index is 3.41. The number of hydrogen-bond donors (Lipinski definition) is 0. The highest BCUT2D eigenvalue weighted by molar-refractivity contribution is 5.78. The molecule has 0 saturated carbocycles. The van der Waals surface area contributed by atoms with Crippen LogP contribution in [-0.4, -0.2) is 6.29 Å². The van der Waals surface area contributed by atoms with E-state index in [-0.39, 0.29) is 0 Å². The number of benzene rings is 1. The Morgan fingerprint density at radius 2 is 2.00 bits per heavy atom. The van der Waals surface area contributed by atoms with E-state index in [1.54, 1.807) is 12.1 Å². The van der Waals surface area contributed by atoms with Crippen LogP contribution >= 0.6 is 0 Å². The lowest BCUT2D eigenvalue weighted by atomic mass is 9.99. The summed E-state index contributed by atoms with van der Waals surface area (Å²) in [6, 6.07) is 5.42. The lowest BCUT2D eigenvalue weighted by Gasteiger charge is -2.03. The Hall–Kier alpha value is -1.62. The first kappa shape index (κ1) is 8.48. The minimum absolute atomic E-state index is 0.637. The van der Waals surface area contributed by atoms with Crippen LogP contribution in [0.4, 0.5) is 0 Å². The van der Waals surface area contributed by atoms with Gasteiger partial charge in [0.15, 0.2) is 0 Å². The molecule has 2 nitrogen and oxygen atoms in total. The first-order chi connectivity index (χ1) is 5.70. The number of hydrogen-bond acceptors (Lipinski definition) is 2. The van der Waals surface area contributed by atoms with Crippen LogP contribution in [0.25, 0.3) is 0 Å². The van der Waals surface area contributed by atoms with Crippen molar-refractivity contribution in [3.8, 4) is 6.07 Å². The number of carbonyl (C=O) groups is 1. The highest BCUT2D eigenvalue weighted by Gasteiger charge is 2.03. The molecule has 0 aliphatic heterocycles. The second-order valence-electron chi connectivity index (χ2n) is 2.68. The maximum absolute atomic E-state index is 10.5. The third-order valence-corrected chi connectivity index (χ3v) is 2.08. The summed E-state index contributed by atoms with van der Waals surface area (Å²) in [6.45, 7) is 3.70. The van der Waals surface area contributed by atoms with Gasteiger partial charge in [-0.1, -0.05) is 6.07 Å². The molecule has 1 aromatic carbocycles. The molecule has 60 valence electrons. The van der Waals surface area contributed by atoms with E-state index in [0.29, 0.717) is 11.1 Å². The zero-order valence-corrected chi connectivity index (χ0v) is 7.09. The molecule has 0 amide bonds. The Morgan fingerprint density at radius 3 is 2.50 bits per heavy atom. The smallest absolute Gasteiger partial charge is 0.150 e. The third kappa shape index (κ3) is 1.22. The second kappa shape index (κ2) is 3.19. The largest absolute Gasteiger partial charge is 0.298 e. The molecule has 0 aromatic heterocycles. The number of carbonyl (C=O) groups excluding carboxylic acids is 1. The Bertz CT molecular complexity index is 361. The maximum atomic E-state index is 10.5. The molecule has 0 atom stereocenters. The van der Waals surface area contributed by atoms with Gasteiger partial charge < -0.3 is 0 Å². The van der Waals surface area contributed by atoms with Crippen molar-refractivity contribution in [3.05, 3.63) is 34.4 Å². The molecule has 0 heterocycles. The quantitative estimate of drug-likeness (QED) is 0.588. The highest BCUT2D eigenvalue weighted by Crippen LogP contribution is 2.15. The van der Waals surface area contributed by atoms with Gasteiger partial charge in [0.25, 0.3) is 0 Å². The van der Waals surface area contributed by atoms with Crippen LogP contribution in [-0.2, 0) is 0 Å². The summed E-state index contributed by atoms with van der Waals surface area (Å²) in [7, 11) is 0. The van der Waals surface area contributed by atoms with E-state index in [1.807, 2.05) is 13.8 Å². The number of nitrogens with zero attached hydrogens (tertiary/aromatic N) is 1. The molecule has 0 unspecified atom stereocenters. The lowest BCUT2D eigenvalue weighted by Crippen LogP contribution is -1.93. The molecule has 0 N–H and O–H groups in total. The Labute approximate surface area is 71.4 Å².